The van der Waals surface area contributed by atoms with E-state index in [0.717, 1.165) is 18.7 Å². The molecular weight excluding hydrogens is 300 g/mol. The molecule has 0 radical (unpaired) electrons. The molecule has 0 saturated carbocycles. The second kappa shape index (κ2) is 8.11. The number of aromatic nitrogens is 2. The maximum Gasteiger partial charge on any atom is 0.254 e. The highest BCUT2D eigenvalue weighted by Gasteiger charge is 2.18. The molecule has 0 spiro atoms. The standard InChI is InChI=1S/C19H28N4O/c1-6-11-23-15(3)17(12-21-23)19(24)20-13-18(22(4)5)16-9-7-14(2)8-10-16/h7-10,12,18H,6,11,13H2,1-5H3,(H,20,24). The molecular formula is C19H28N4O. The van der Waals surface area contributed by atoms with Crippen molar-refractivity contribution < 1.29 is 4.79 Å². The van der Waals surface area contributed by atoms with E-state index in [0.29, 0.717) is 12.1 Å². The average Bonchev–Trinajstić information content (AvgIpc) is 2.90. The van der Waals surface area contributed by atoms with Crippen LogP contribution in [0.5, 0.6) is 0 Å². The highest BCUT2D eigenvalue weighted by atomic mass is 16.1. The molecule has 24 heavy (non-hydrogen) atoms. The summed E-state index contributed by atoms with van der Waals surface area (Å²) in [6.07, 6.45) is 2.66. The molecule has 0 aliphatic heterocycles. The van der Waals surface area contributed by atoms with E-state index >= 15 is 0 Å². The zero-order valence-corrected chi connectivity index (χ0v) is 15.3. The van der Waals surface area contributed by atoms with E-state index in [9.17, 15) is 4.79 Å². The summed E-state index contributed by atoms with van der Waals surface area (Å²) in [5.74, 6) is -0.0613. The smallest absolute Gasteiger partial charge is 0.254 e. The Morgan fingerprint density at radius 2 is 1.92 bits per heavy atom. The van der Waals surface area contributed by atoms with Gasteiger partial charge in [0.15, 0.2) is 0 Å². The van der Waals surface area contributed by atoms with Crippen LogP contribution in [0.3, 0.4) is 0 Å². The van der Waals surface area contributed by atoms with Crippen LogP contribution in [-0.2, 0) is 6.54 Å². The molecule has 5 nitrogen and oxygen atoms in total. The maximum absolute atomic E-state index is 12.5. The molecule has 1 heterocycles. The van der Waals surface area contributed by atoms with Crippen molar-refractivity contribution in [2.24, 2.45) is 0 Å². The molecule has 1 N–H and O–H groups in total. The molecule has 0 aliphatic carbocycles. The SMILES string of the molecule is CCCn1ncc(C(=O)NCC(c2ccc(C)cc2)N(C)C)c1C. The van der Waals surface area contributed by atoms with Crippen LogP contribution in [0.1, 0.15) is 46.6 Å². The van der Waals surface area contributed by atoms with Crippen LogP contribution < -0.4 is 5.32 Å². The van der Waals surface area contributed by atoms with Gasteiger partial charge in [0.1, 0.15) is 0 Å². The number of benzene rings is 1. The van der Waals surface area contributed by atoms with Gasteiger partial charge in [0.25, 0.3) is 5.91 Å². The number of aryl methyl sites for hydroxylation is 2. The monoisotopic (exact) mass is 328 g/mol. The highest BCUT2D eigenvalue weighted by Crippen LogP contribution is 2.18. The van der Waals surface area contributed by atoms with Crippen LogP contribution in [-0.4, -0.2) is 41.2 Å². The van der Waals surface area contributed by atoms with Crippen molar-refractivity contribution in [3.63, 3.8) is 0 Å². The molecule has 0 fully saturated rings. The van der Waals surface area contributed by atoms with Crippen molar-refractivity contribution in [1.29, 1.82) is 0 Å². The Morgan fingerprint density at radius 1 is 1.25 bits per heavy atom. The van der Waals surface area contributed by atoms with Gasteiger partial charge in [-0.1, -0.05) is 36.8 Å². The van der Waals surface area contributed by atoms with E-state index in [1.54, 1.807) is 6.20 Å². The zero-order chi connectivity index (χ0) is 17.7. The molecule has 0 bridgehead atoms. The molecule has 1 atom stereocenters. The molecule has 1 aromatic heterocycles. The predicted molar refractivity (Wildman–Crippen MR) is 97.2 cm³/mol. The van der Waals surface area contributed by atoms with Crippen molar-refractivity contribution in [3.8, 4) is 0 Å². The van der Waals surface area contributed by atoms with Gasteiger partial charge in [0, 0.05) is 18.8 Å². The average molecular weight is 328 g/mol. The Bertz CT molecular complexity index is 673. The van der Waals surface area contributed by atoms with E-state index in [-0.39, 0.29) is 11.9 Å². The lowest BCUT2D eigenvalue weighted by Crippen LogP contribution is -2.34. The van der Waals surface area contributed by atoms with Gasteiger partial charge in [-0.3, -0.25) is 9.48 Å². The molecule has 2 rings (SSSR count). The molecule has 0 saturated heterocycles. The van der Waals surface area contributed by atoms with E-state index < -0.39 is 0 Å². The van der Waals surface area contributed by atoms with Crippen LogP contribution >= 0.6 is 0 Å². The highest BCUT2D eigenvalue weighted by molar-refractivity contribution is 5.95. The minimum absolute atomic E-state index is 0.0613. The lowest BCUT2D eigenvalue weighted by molar-refractivity contribution is 0.0941. The van der Waals surface area contributed by atoms with Crippen LogP contribution in [0.25, 0.3) is 0 Å². The number of nitrogens with one attached hydrogen (secondary N) is 1. The lowest BCUT2D eigenvalue weighted by atomic mass is 10.0. The fourth-order valence-corrected chi connectivity index (χ4v) is 2.78. The molecule has 1 amide bonds. The third-order valence-corrected chi connectivity index (χ3v) is 4.32. The van der Waals surface area contributed by atoms with Crippen molar-refractivity contribution in [2.75, 3.05) is 20.6 Å². The van der Waals surface area contributed by atoms with Crippen LogP contribution in [0.4, 0.5) is 0 Å². The first-order valence-corrected chi connectivity index (χ1v) is 8.47. The number of carbonyl (C=O) groups is 1. The van der Waals surface area contributed by atoms with Crippen molar-refractivity contribution in [1.82, 2.24) is 20.0 Å². The maximum atomic E-state index is 12.5. The largest absolute Gasteiger partial charge is 0.350 e. The summed E-state index contributed by atoms with van der Waals surface area (Å²) in [7, 11) is 4.06. The second-order valence-corrected chi connectivity index (χ2v) is 6.47. The first kappa shape index (κ1) is 18.2. The van der Waals surface area contributed by atoms with Gasteiger partial charge in [-0.15, -0.1) is 0 Å². The number of rotatable bonds is 7. The molecule has 1 aromatic carbocycles. The summed E-state index contributed by atoms with van der Waals surface area (Å²) >= 11 is 0. The summed E-state index contributed by atoms with van der Waals surface area (Å²) in [5.41, 5.74) is 4.01. The minimum Gasteiger partial charge on any atom is -0.350 e. The van der Waals surface area contributed by atoms with Crippen LogP contribution in [0, 0.1) is 13.8 Å². The molecule has 0 aliphatic rings. The topological polar surface area (TPSA) is 50.2 Å². The van der Waals surface area contributed by atoms with Crippen molar-refractivity contribution in [2.45, 2.75) is 39.8 Å². The van der Waals surface area contributed by atoms with Crippen LogP contribution in [0.15, 0.2) is 30.5 Å². The van der Waals surface area contributed by atoms with E-state index in [4.69, 9.17) is 0 Å². The van der Waals surface area contributed by atoms with Crippen molar-refractivity contribution >= 4 is 5.91 Å². The summed E-state index contributed by atoms with van der Waals surface area (Å²) in [4.78, 5) is 14.6. The molecule has 5 heteroatoms. The normalized spacial score (nSPS) is 12.4. The van der Waals surface area contributed by atoms with Gasteiger partial charge in [0.05, 0.1) is 17.8 Å². The third-order valence-electron chi connectivity index (χ3n) is 4.32. The fourth-order valence-electron chi connectivity index (χ4n) is 2.78. The van der Waals surface area contributed by atoms with E-state index in [1.807, 2.05) is 25.7 Å². The quantitative estimate of drug-likeness (QED) is 0.850. The summed E-state index contributed by atoms with van der Waals surface area (Å²) in [5, 5.41) is 7.36. The van der Waals surface area contributed by atoms with Gasteiger partial charge < -0.3 is 10.2 Å². The second-order valence-electron chi connectivity index (χ2n) is 6.47. The lowest BCUT2D eigenvalue weighted by Gasteiger charge is -2.25. The Morgan fingerprint density at radius 3 is 2.50 bits per heavy atom. The summed E-state index contributed by atoms with van der Waals surface area (Å²) in [6.45, 7) is 7.52. The molecule has 2 aromatic rings. The summed E-state index contributed by atoms with van der Waals surface area (Å²) in [6, 6.07) is 8.59. The predicted octanol–water partition coefficient (Wildman–Crippen LogP) is 2.94. The van der Waals surface area contributed by atoms with Crippen LogP contribution in [0.2, 0.25) is 0 Å². The number of hydrogen-bond acceptors (Lipinski definition) is 3. The summed E-state index contributed by atoms with van der Waals surface area (Å²) < 4.78 is 1.89. The van der Waals surface area contributed by atoms with Gasteiger partial charge in [0.2, 0.25) is 0 Å². The number of nitrogens with zero attached hydrogens (tertiary/aromatic N) is 3. The number of likely N-dealkylation sites (N-methyl/N-ethyl adjacent to an activating group) is 1. The number of carbonyl (C=O) groups excluding carboxylic acids is 1. The number of hydrogen-bond donors (Lipinski definition) is 1. The Balaban J connectivity index is 2.06. The van der Waals surface area contributed by atoms with Gasteiger partial charge in [-0.2, -0.15) is 5.10 Å². The van der Waals surface area contributed by atoms with Gasteiger partial charge >= 0.3 is 0 Å². The first-order chi connectivity index (χ1) is 11.4. The van der Waals surface area contributed by atoms with Crippen molar-refractivity contribution in [3.05, 3.63) is 52.8 Å². The molecule has 1 unspecified atom stereocenters. The minimum atomic E-state index is -0.0613. The fraction of sp³-hybridized carbons (Fsp3) is 0.474. The Kier molecular flexibility index (Phi) is 6.15. The van der Waals surface area contributed by atoms with E-state index in [1.165, 1.54) is 11.1 Å². The molecule has 130 valence electrons. The van der Waals surface area contributed by atoms with Gasteiger partial charge in [-0.05, 0) is 39.9 Å². The third kappa shape index (κ3) is 4.23. The van der Waals surface area contributed by atoms with Gasteiger partial charge in [-0.25, -0.2) is 0 Å². The Hall–Kier alpha value is -2.14. The first-order valence-electron chi connectivity index (χ1n) is 8.47. The number of amides is 1. The Labute approximate surface area is 144 Å². The van der Waals surface area contributed by atoms with E-state index in [2.05, 4.69) is 53.4 Å². The zero-order valence-electron chi connectivity index (χ0n) is 15.3.